The second kappa shape index (κ2) is 7.58. The smallest absolute Gasteiger partial charge is 0.335 e. The van der Waals surface area contributed by atoms with Crippen LogP contribution in [0.3, 0.4) is 0 Å². The number of benzene rings is 1. The Morgan fingerprint density at radius 1 is 1.22 bits per heavy atom. The first-order valence-corrected chi connectivity index (χ1v) is 9.23. The van der Waals surface area contributed by atoms with Gasteiger partial charge < -0.3 is 20.5 Å². The highest BCUT2D eigenvalue weighted by molar-refractivity contribution is 5.93. The van der Waals surface area contributed by atoms with Crippen LogP contribution in [-0.2, 0) is 6.42 Å². The van der Waals surface area contributed by atoms with E-state index in [1.807, 2.05) is 27.7 Å². The Bertz CT molecular complexity index is 735. The Morgan fingerprint density at radius 2 is 1.85 bits per heavy atom. The number of rotatable bonds is 6. The minimum absolute atomic E-state index is 0.0242. The molecule has 0 radical (unpaired) electrons. The Kier molecular flexibility index (Phi) is 5.99. The molecule has 1 aromatic rings. The number of hydrogen-bond donors (Lipinski definition) is 4. The monoisotopic (exact) mass is 379 g/mol. The molecule has 1 fully saturated rings. The van der Waals surface area contributed by atoms with Crippen molar-refractivity contribution in [1.82, 2.24) is 5.06 Å². The predicted octanol–water partition coefficient (Wildman–Crippen LogP) is 3.03. The second-order valence-electron chi connectivity index (χ2n) is 8.06. The van der Waals surface area contributed by atoms with Gasteiger partial charge in [0.1, 0.15) is 0 Å². The first-order valence-electron chi connectivity index (χ1n) is 9.23. The molecule has 0 bridgehead atoms. The van der Waals surface area contributed by atoms with Gasteiger partial charge in [0.25, 0.3) is 0 Å². The molecule has 4 atom stereocenters. The lowest BCUT2D eigenvalue weighted by atomic mass is 9.68. The van der Waals surface area contributed by atoms with E-state index in [4.69, 9.17) is 0 Å². The van der Waals surface area contributed by atoms with Crippen molar-refractivity contribution in [3.8, 4) is 0 Å². The first kappa shape index (κ1) is 21.3. The van der Waals surface area contributed by atoms with Gasteiger partial charge in [-0.25, -0.2) is 9.59 Å². The third-order valence-electron chi connectivity index (χ3n) is 6.45. The highest BCUT2D eigenvalue weighted by Gasteiger charge is 2.52. The van der Waals surface area contributed by atoms with Crippen molar-refractivity contribution in [3.63, 3.8) is 0 Å². The molecule has 1 aliphatic heterocycles. The molecule has 4 unspecified atom stereocenters. The van der Waals surface area contributed by atoms with Crippen LogP contribution in [0.25, 0.3) is 0 Å². The van der Waals surface area contributed by atoms with Crippen molar-refractivity contribution in [1.29, 1.82) is 0 Å². The number of carboxylic acids is 2. The SMILES string of the molecule is CCC1(C)CC(O)C(C)C(C)(CCc2cc(C(=O)O)ccc2C(=O)O)N1O. The fourth-order valence-corrected chi connectivity index (χ4v) is 4.10. The van der Waals surface area contributed by atoms with Crippen LogP contribution in [0.2, 0.25) is 0 Å². The lowest BCUT2D eigenvalue weighted by molar-refractivity contribution is -0.288. The molecule has 0 amide bonds. The first-order chi connectivity index (χ1) is 12.5. The number of piperidine rings is 1. The van der Waals surface area contributed by atoms with Crippen LogP contribution in [0, 0.1) is 5.92 Å². The van der Waals surface area contributed by atoms with E-state index in [9.17, 15) is 30.1 Å². The average Bonchev–Trinajstić information content (AvgIpc) is 2.63. The number of carbonyl (C=O) groups is 2. The second-order valence-corrected chi connectivity index (χ2v) is 8.06. The molecule has 0 saturated carbocycles. The highest BCUT2D eigenvalue weighted by atomic mass is 16.5. The van der Waals surface area contributed by atoms with Gasteiger partial charge in [-0.15, -0.1) is 0 Å². The summed E-state index contributed by atoms with van der Waals surface area (Å²) >= 11 is 0. The zero-order chi connectivity index (χ0) is 20.6. The summed E-state index contributed by atoms with van der Waals surface area (Å²) in [7, 11) is 0. The van der Waals surface area contributed by atoms with Crippen LogP contribution in [0.5, 0.6) is 0 Å². The lowest BCUT2D eigenvalue weighted by Gasteiger charge is -2.56. The number of nitrogens with zero attached hydrogens (tertiary/aromatic N) is 1. The lowest BCUT2D eigenvalue weighted by Crippen LogP contribution is -2.66. The van der Waals surface area contributed by atoms with E-state index in [1.54, 1.807) is 0 Å². The van der Waals surface area contributed by atoms with E-state index in [0.29, 0.717) is 24.8 Å². The Hall–Kier alpha value is -1.96. The third kappa shape index (κ3) is 3.85. The van der Waals surface area contributed by atoms with Gasteiger partial charge in [0.15, 0.2) is 0 Å². The fraction of sp³-hybridized carbons (Fsp3) is 0.600. The molecule has 1 heterocycles. The summed E-state index contributed by atoms with van der Waals surface area (Å²) in [6, 6.07) is 3.95. The van der Waals surface area contributed by atoms with Gasteiger partial charge in [0, 0.05) is 17.0 Å². The summed E-state index contributed by atoms with van der Waals surface area (Å²) in [5.41, 5.74) is -0.884. The maximum absolute atomic E-state index is 11.5. The van der Waals surface area contributed by atoms with Gasteiger partial charge in [0.05, 0.1) is 17.2 Å². The number of hydroxylamine groups is 2. The largest absolute Gasteiger partial charge is 0.478 e. The van der Waals surface area contributed by atoms with E-state index >= 15 is 0 Å². The number of hydrogen-bond acceptors (Lipinski definition) is 5. The van der Waals surface area contributed by atoms with Crippen LogP contribution in [0.15, 0.2) is 18.2 Å². The standard InChI is InChI=1S/C20H29NO6/c1-5-19(3)11-16(22)12(2)20(4,21(19)27)9-8-13-10-14(17(23)24)6-7-15(13)18(25)26/h6-7,10,12,16,22,27H,5,8-9,11H2,1-4H3,(H,23,24)(H,25,26). The zero-order valence-corrected chi connectivity index (χ0v) is 16.3. The Labute approximate surface area is 159 Å². The van der Waals surface area contributed by atoms with Crippen LogP contribution in [0.4, 0.5) is 0 Å². The molecule has 7 heteroatoms. The molecule has 4 N–H and O–H groups in total. The van der Waals surface area contributed by atoms with Gasteiger partial charge in [0.2, 0.25) is 0 Å². The number of carboxylic acid groups (broad SMARTS) is 2. The van der Waals surface area contributed by atoms with Crippen LogP contribution in [0.1, 0.15) is 73.2 Å². The predicted molar refractivity (Wildman–Crippen MR) is 99.2 cm³/mol. The summed E-state index contributed by atoms with van der Waals surface area (Å²) in [6.45, 7) is 7.57. The molecule has 1 saturated heterocycles. The van der Waals surface area contributed by atoms with E-state index in [-0.39, 0.29) is 23.5 Å². The van der Waals surface area contributed by atoms with Gasteiger partial charge in [-0.1, -0.05) is 13.8 Å². The topological polar surface area (TPSA) is 118 Å². The molecule has 0 aromatic heterocycles. The van der Waals surface area contributed by atoms with Crippen molar-refractivity contribution in [2.75, 3.05) is 0 Å². The van der Waals surface area contributed by atoms with E-state index < -0.39 is 29.1 Å². The van der Waals surface area contributed by atoms with Gasteiger partial charge in [-0.05, 0) is 63.3 Å². The van der Waals surface area contributed by atoms with E-state index in [1.165, 1.54) is 23.3 Å². The van der Waals surface area contributed by atoms with Crippen molar-refractivity contribution >= 4 is 11.9 Å². The van der Waals surface area contributed by atoms with E-state index in [2.05, 4.69) is 0 Å². The maximum atomic E-state index is 11.5. The van der Waals surface area contributed by atoms with Crippen LogP contribution >= 0.6 is 0 Å². The molecule has 1 aromatic carbocycles. The zero-order valence-electron chi connectivity index (χ0n) is 16.3. The summed E-state index contributed by atoms with van der Waals surface area (Å²) in [5, 5.41) is 41.4. The molecule has 7 nitrogen and oxygen atoms in total. The molecule has 0 aliphatic carbocycles. The minimum Gasteiger partial charge on any atom is -0.478 e. The van der Waals surface area contributed by atoms with E-state index in [0.717, 1.165) is 0 Å². The summed E-state index contributed by atoms with van der Waals surface area (Å²) in [4.78, 5) is 22.8. The van der Waals surface area contributed by atoms with Crippen molar-refractivity contribution in [3.05, 3.63) is 34.9 Å². The highest BCUT2D eigenvalue weighted by Crippen LogP contribution is 2.44. The third-order valence-corrected chi connectivity index (χ3v) is 6.45. The summed E-state index contributed by atoms with van der Waals surface area (Å²) in [6.07, 6.45) is 1.16. The fourth-order valence-electron chi connectivity index (χ4n) is 4.10. The van der Waals surface area contributed by atoms with Crippen molar-refractivity contribution < 1.29 is 30.1 Å². The summed E-state index contributed by atoms with van der Waals surface area (Å²) in [5.74, 6) is -2.48. The van der Waals surface area contributed by atoms with Gasteiger partial charge in [-0.3, -0.25) is 0 Å². The van der Waals surface area contributed by atoms with Gasteiger partial charge >= 0.3 is 11.9 Å². The Morgan fingerprint density at radius 3 is 2.37 bits per heavy atom. The van der Waals surface area contributed by atoms with Crippen LogP contribution < -0.4 is 0 Å². The molecular weight excluding hydrogens is 350 g/mol. The normalized spacial score (nSPS) is 31.6. The molecule has 2 rings (SSSR count). The Balaban J connectivity index is 2.37. The maximum Gasteiger partial charge on any atom is 0.335 e. The van der Waals surface area contributed by atoms with Crippen molar-refractivity contribution in [2.45, 2.75) is 70.6 Å². The number of aryl methyl sites for hydroxylation is 1. The van der Waals surface area contributed by atoms with Gasteiger partial charge in [-0.2, -0.15) is 5.06 Å². The molecule has 27 heavy (non-hydrogen) atoms. The average molecular weight is 379 g/mol. The molecule has 150 valence electrons. The number of aliphatic hydroxyl groups excluding tert-OH is 1. The summed E-state index contributed by atoms with van der Waals surface area (Å²) < 4.78 is 0. The minimum atomic E-state index is -1.12. The quantitative estimate of drug-likeness (QED) is 0.600. The van der Waals surface area contributed by atoms with Crippen LogP contribution in [-0.4, -0.2) is 54.7 Å². The number of aliphatic hydroxyl groups is 1. The molecule has 1 aliphatic rings. The molecule has 0 spiro atoms. The van der Waals surface area contributed by atoms with Crippen molar-refractivity contribution in [2.24, 2.45) is 5.92 Å². The molecular formula is C20H29NO6. The number of aromatic carboxylic acids is 2.